The average Bonchev–Trinajstić information content (AvgIpc) is 2.37. The third-order valence-corrected chi connectivity index (χ3v) is 4.13. The van der Waals surface area contributed by atoms with Gasteiger partial charge in [-0.15, -0.1) is 0 Å². The summed E-state index contributed by atoms with van der Waals surface area (Å²) in [7, 11) is 0. The number of aromatic nitrogens is 1. The molecule has 0 saturated carbocycles. The third-order valence-electron chi connectivity index (χ3n) is 3.91. The van der Waals surface area contributed by atoms with Crippen LogP contribution in [0.4, 0.5) is 5.82 Å². The van der Waals surface area contributed by atoms with Crippen molar-refractivity contribution in [3.8, 4) is 0 Å². The Hall–Kier alpha value is -1.16. The van der Waals surface area contributed by atoms with Gasteiger partial charge < -0.3 is 11.1 Å². The Morgan fingerprint density at radius 1 is 1.42 bits per heavy atom. The van der Waals surface area contributed by atoms with Gasteiger partial charge in [-0.3, -0.25) is 0 Å². The summed E-state index contributed by atoms with van der Waals surface area (Å²) in [5.41, 5.74) is 9.26. The molecule has 0 atom stereocenters. The van der Waals surface area contributed by atoms with Crippen molar-refractivity contribution in [3.63, 3.8) is 0 Å². The Morgan fingerprint density at radius 3 is 2.74 bits per heavy atom. The minimum atomic E-state index is -0.00453. The zero-order valence-electron chi connectivity index (χ0n) is 12.0. The highest BCUT2D eigenvalue weighted by atomic mass is 32.1. The van der Waals surface area contributed by atoms with Crippen molar-refractivity contribution in [3.05, 3.63) is 22.9 Å². The lowest BCUT2D eigenvalue weighted by Gasteiger charge is -2.28. The molecule has 0 aliphatic heterocycles. The minimum Gasteiger partial charge on any atom is -0.389 e. The number of nitrogens with two attached hydrogens (primary N) is 1. The highest BCUT2D eigenvalue weighted by Crippen LogP contribution is 2.27. The predicted molar refractivity (Wildman–Crippen MR) is 84.8 cm³/mol. The van der Waals surface area contributed by atoms with Crippen LogP contribution in [0.25, 0.3) is 0 Å². The largest absolute Gasteiger partial charge is 0.389 e. The second kappa shape index (κ2) is 5.45. The number of nitrogens with one attached hydrogen (secondary N) is 1. The molecule has 1 heterocycles. The minimum absolute atomic E-state index is 0.00453. The summed E-state index contributed by atoms with van der Waals surface area (Å²) < 4.78 is 0. The summed E-state index contributed by atoms with van der Waals surface area (Å²) in [6, 6.07) is 2.14. The van der Waals surface area contributed by atoms with E-state index in [9.17, 15) is 0 Å². The molecule has 3 N–H and O–H groups in total. The van der Waals surface area contributed by atoms with E-state index in [1.165, 1.54) is 24.1 Å². The van der Waals surface area contributed by atoms with E-state index in [0.29, 0.717) is 4.99 Å². The monoisotopic (exact) mass is 277 g/mol. The molecule has 0 unspecified atom stereocenters. The van der Waals surface area contributed by atoms with Crippen molar-refractivity contribution in [2.24, 2.45) is 5.73 Å². The Kier molecular flexibility index (Phi) is 4.09. The molecule has 0 radical (unpaired) electrons. The first kappa shape index (κ1) is 14.3. The number of thiocarbonyl (C=S) groups is 1. The Morgan fingerprint density at radius 2 is 2.11 bits per heavy atom. The van der Waals surface area contributed by atoms with E-state index in [1.54, 1.807) is 0 Å². The van der Waals surface area contributed by atoms with Gasteiger partial charge in [-0.25, -0.2) is 4.98 Å². The third kappa shape index (κ3) is 3.24. The van der Waals surface area contributed by atoms with Crippen LogP contribution in [0.5, 0.6) is 0 Å². The number of hydrogen-bond donors (Lipinski definition) is 2. The molecule has 0 amide bonds. The zero-order valence-corrected chi connectivity index (χ0v) is 12.9. The molecule has 1 aliphatic carbocycles. The van der Waals surface area contributed by atoms with E-state index >= 15 is 0 Å². The maximum atomic E-state index is 5.86. The van der Waals surface area contributed by atoms with Crippen LogP contribution in [-0.2, 0) is 12.8 Å². The maximum absolute atomic E-state index is 5.86. The fourth-order valence-electron chi connectivity index (χ4n) is 2.33. The van der Waals surface area contributed by atoms with E-state index in [0.717, 1.165) is 30.6 Å². The normalized spacial score (nSPS) is 14.9. The number of pyridine rings is 1. The molecule has 1 aromatic rings. The van der Waals surface area contributed by atoms with E-state index < -0.39 is 0 Å². The van der Waals surface area contributed by atoms with Gasteiger partial charge in [-0.2, -0.15) is 0 Å². The maximum Gasteiger partial charge on any atom is 0.136 e. The summed E-state index contributed by atoms with van der Waals surface area (Å²) >= 11 is 5.18. The van der Waals surface area contributed by atoms with E-state index in [4.69, 9.17) is 22.9 Å². The lowest BCUT2D eigenvalue weighted by Crippen LogP contribution is -2.32. The fraction of sp³-hybridized carbons (Fsp3) is 0.600. The molecule has 1 aliphatic rings. The first-order valence-corrected chi connectivity index (χ1v) is 7.44. The summed E-state index contributed by atoms with van der Waals surface area (Å²) in [6.45, 7) is 6.49. The number of rotatable bonds is 4. The number of aryl methyl sites for hydroxylation is 2. The van der Waals surface area contributed by atoms with Gasteiger partial charge in [0.05, 0.1) is 5.56 Å². The van der Waals surface area contributed by atoms with Gasteiger partial charge in [0.25, 0.3) is 0 Å². The topological polar surface area (TPSA) is 50.9 Å². The lowest BCUT2D eigenvalue weighted by molar-refractivity contribution is 0.543. The van der Waals surface area contributed by atoms with Crippen LogP contribution in [0.1, 0.15) is 56.9 Å². The van der Waals surface area contributed by atoms with Gasteiger partial charge in [0.2, 0.25) is 0 Å². The number of hydrogen-bond acceptors (Lipinski definition) is 3. The summed E-state index contributed by atoms with van der Waals surface area (Å²) in [4.78, 5) is 5.22. The summed E-state index contributed by atoms with van der Waals surface area (Å²) in [6.07, 6.45) is 5.63. The molecule has 19 heavy (non-hydrogen) atoms. The van der Waals surface area contributed by atoms with Crippen LogP contribution in [0, 0.1) is 0 Å². The highest BCUT2D eigenvalue weighted by Gasteiger charge is 2.21. The molecule has 0 bridgehead atoms. The van der Waals surface area contributed by atoms with Gasteiger partial charge in [0.1, 0.15) is 10.8 Å². The number of anilines is 1. The average molecular weight is 277 g/mol. The van der Waals surface area contributed by atoms with E-state index in [1.807, 2.05) is 0 Å². The molecule has 2 rings (SSSR count). The van der Waals surface area contributed by atoms with Crippen LogP contribution in [0.3, 0.4) is 0 Å². The van der Waals surface area contributed by atoms with Crippen molar-refractivity contribution in [2.45, 2.75) is 58.4 Å². The van der Waals surface area contributed by atoms with Gasteiger partial charge in [-0.05, 0) is 57.6 Å². The van der Waals surface area contributed by atoms with Gasteiger partial charge in [0.15, 0.2) is 0 Å². The van der Waals surface area contributed by atoms with Crippen LogP contribution in [-0.4, -0.2) is 15.5 Å². The predicted octanol–water partition coefficient (Wildman–Crippen LogP) is 3.20. The number of fused-ring (bicyclic) bond motifs is 1. The Balaban J connectivity index is 2.43. The molecule has 3 nitrogen and oxygen atoms in total. The first-order chi connectivity index (χ1) is 8.93. The lowest BCUT2D eigenvalue weighted by atomic mass is 9.94. The molecule has 0 spiro atoms. The Bertz CT molecular complexity index is 494. The van der Waals surface area contributed by atoms with Crippen molar-refractivity contribution < 1.29 is 0 Å². The molecular formula is C15H23N3S. The van der Waals surface area contributed by atoms with Crippen molar-refractivity contribution in [2.75, 3.05) is 5.32 Å². The fourth-order valence-corrected chi connectivity index (χ4v) is 2.48. The van der Waals surface area contributed by atoms with Crippen LogP contribution >= 0.6 is 12.2 Å². The molecule has 104 valence electrons. The Labute approximate surface area is 121 Å². The van der Waals surface area contributed by atoms with Crippen molar-refractivity contribution in [1.82, 2.24) is 4.98 Å². The summed E-state index contributed by atoms with van der Waals surface area (Å²) in [5.74, 6) is 0.847. The standard InChI is InChI=1S/C15H23N3S/c1-4-15(2,3)18-14-11(13(16)19)9-10-7-5-6-8-12(10)17-14/h9H,4-8H2,1-3H3,(H2,16,19)(H,17,18). The van der Waals surface area contributed by atoms with Crippen molar-refractivity contribution >= 4 is 23.0 Å². The quantitative estimate of drug-likeness (QED) is 0.830. The molecule has 1 aromatic heterocycles. The molecule has 0 saturated heterocycles. The first-order valence-electron chi connectivity index (χ1n) is 7.04. The van der Waals surface area contributed by atoms with E-state index in [2.05, 4.69) is 32.2 Å². The van der Waals surface area contributed by atoms with Crippen LogP contribution in [0.15, 0.2) is 6.07 Å². The molecular weight excluding hydrogens is 254 g/mol. The SMILES string of the molecule is CCC(C)(C)Nc1nc2c(cc1C(N)=S)CCCC2. The second-order valence-corrected chi connectivity index (χ2v) is 6.36. The van der Waals surface area contributed by atoms with Gasteiger partial charge >= 0.3 is 0 Å². The molecule has 0 fully saturated rings. The van der Waals surface area contributed by atoms with Crippen molar-refractivity contribution in [1.29, 1.82) is 0 Å². The summed E-state index contributed by atoms with van der Waals surface area (Å²) in [5, 5.41) is 3.49. The second-order valence-electron chi connectivity index (χ2n) is 5.92. The van der Waals surface area contributed by atoms with Crippen LogP contribution in [0.2, 0.25) is 0 Å². The van der Waals surface area contributed by atoms with Gasteiger partial charge in [0, 0.05) is 11.2 Å². The van der Waals surface area contributed by atoms with E-state index in [-0.39, 0.29) is 5.54 Å². The number of nitrogens with zero attached hydrogens (tertiary/aromatic N) is 1. The zero-order chi connectivity index (χ0) is 14.0. The van der Waals surface area contributed by atoms with Crippen LogP contribution < -0.4 is 11.1 Å². The molecule has 0 aromatic carbocycles. The van der Waals surface area contributed by atoms with Gasteiger partial charge in [-0.1, -0.05) is 19.1 Å². The smallest absolute Gasteiger partial charge is 0.136 e. The highest BCUT2D eigenvalue weighted by molar-refractivity contribution is 7.80. The molecule has 4 heteroatoms.